The predicted octanol–water partition coefficient (Wildman–Crippen LogP) is 3.78. The summed E-state index contributed by atoms with van der Waals surface area (Å²) in [4.78, 5) is 10.6. The molecule has 94 valence electrons. The molecule has 0 aliphatic heterocycles. The molecule has 0 spiro atoms. The molecule has 0 amide bonds. The van der Waals surface area contributed by atoms with Crippen molar-refractivity contribution in [3.63, 3.8) is 0 Å². The highest BCUT2D eigenvalue weighted by molar-refractivity contribution is 5.57. The second-order valence-corrected chi connectivity index (χ2v) is 5.58. The van der Waals surface area contributed by atoms with E-state index in [1.165, 1.54) is 12.8 Å². The average Bonchev–Trinajstić information content (AvgIpc) is 2.15. The van der Waals surface area contributed by atoms with E-state index in [-0.39, 0.29) is 6.10 Å². The molecule has 1 saturated carbocycles. The number of carboxylic acid groups (broad SMARTS) is 1. The van der Waals surface area contributed by atoms with Crippen molar-refractivity contribution in [3.8, 4) is 0 Å². The largest absolute Gasteiger partial charge is 0.506 e. The predicted molar refractivity (Wildman–Crippen MR) is 63.4 cm³/mol. The Morgan fingerprint density at radius 1 is 1.25 bits per heavy atom. The van der Waals surface area contributed by atoms with Crippen molar-refractivity contribution in [1.82, 2.24) is 0 Å². The van der Waals surface area contributed by atoms with Gasteiger partial charge in [-0.1, -0.05) is 27.2 Å². The number of hydrogen-bond acceptors (Lipinski definition) is 2. The van der Waals surface area contributed by atoms with Crippen LogP contribution in [0.5, 0.6) is 0 Å². The van der Waals surface area contributed by atoms with Crippen LogP contribution in [0.1, 0.15) is 47.0 Å². The first kappa shape index (κ1) is 13.3. The summed E-state index contributed by atoms with van der Waals surface area (Å²) in [6, 6.07) is 0. The first-order valence-corrected chi connectivity index (χ1v) is 6.31. The molecule has 1 unspecified atom stereocenters. The second-order valence-electron chi connectivity index (χ2n) is 5.58. The van der Waals surface area contributed by atoms with Gasteiger partial charge in [-0.2, -0.15) is 0 Å². The first-order valence-electron chi connectivity index (χ1n) is 6.31. The van der Waals surface area contributed by atoms with Crippen LogP contribution >= 0.6 is 0 Å². The number of rotatable bonds is 3. The molecular formula is C13H24O3. The molecule has 0 aromatic carbocycles. The lowest BCUT2D eigenvalue weighted by Crippen LogP contribution is -2.36. The minimum absolute atomic E-state index is 0.173. The smallest absolute Gasteiger partial charge is 0.450 e. The van der Waals surface area contributed by atoms with Crippen LogP contribution in [-0.2, 0) is 4.74 Å². The van der Waals surface area contributed by atoms with Crippen molar-refractivity contribution in [2.24, 2.45) is 23.7 Å². The zero-order valence-electron chi connectivity index (χ0n) is 10.8. The SMILES string of the molecule is CC(C)[C@H]1CC[C@H](C)C[C@@H]1C(C)OC(=O)O. The second kappa shape index (κ2) is 5.55. The molecule has 0 radical (unpaired) electrons. The van der Waals surface area contributed by atoms with Crippen LogP contribution in [0.15, 0.2) is 0 Å². The van der Waals surface area contributed by atoms with Gasteiger partial charge in [0.25, 0.3) is 0 Å². The van der Waals surface area contributed by atoms with Crippen LogP contribution in [0.4, 0.5) is 4.79 Å². The van der Waals surface area contributed by atoms with Gasteiger partial charge in [0.1, 0.15) is 6.10 Å². The molecule has 0 aromatic rings. The summed E-state index contributed by atoms with van der Waals surface area (Å²) in [6.45, 7) is 8.59. The summed E-state index contributed by atoms with van der Waals surface area (Å²) in [5.41, 5.74) is 0. The molecule has 1 N–H and O–H groups in total. The lowest BCUT2D eigenvalue weighted by molar-refractivity contribution is -0.0109. The van der Waals surface area contributed by atoms with Gasteiger partial charge in [-0.3, -0.25) is 0 Å². The lowest BCUT2D eigenvalue weighted by Gasteiger charge is -2.39. The van der Waals surface area contributed by atoms with Crippen molar-refractivity contribution in [1.29, 1.82) is 0 Å². The highest BCUT2D eigenvalue weighted by atomic mass is 16.7. The quantitative estimate of drug-likeness (QED) is 0.748. The van der Waals surface area contributed by atoms with Gasteiger partial charge >= 0.3 is 6.16 Å². The topological polar surface area (TPSA) is 46.5 Å². The third kappa shape index (κ3) is 3.39. The highest BCUT2D eigenvalue weighted by Crippen LogP contribution is 2.40. The van der Waals surface area contributed by atoms with E-state index in [9.17, 15) is 4.79 Å². The number of carbonyl (C=O) groups is 1. The Bertz CT molecular complexity index is 237. The standard InChI is InChI=1S/C13H24O3/c1-8(2)11-6-5-9(3)7-12(11)10(4)16-13(14)15/h8-12H,5-7H2,1-4H3,(H,14,15)/t9-,10?,11+,12+/m0/s1. The lowest BCUT2D eigenvalue weighted by atomic mass is 9.68. The van der Waals surface area contributed by atoms with E-state index in [0.29, 0.717) is 23.7 Å². The van der Waals surface area contributed by atoms with E-state index in [1.807, 2.05) is 6.92 Å². The van der Waals surface area contributed by atoms with Gasteiger partial charge in [0.2, 0.25) is 0 Å². The molecule has 1 aliphatic rings. The molecule has 3 heteroatoms. The van der Waals surface area contributed by atoms with Crippen LogP contribution in [-0.4, -0.2) is 17.4 Å². The Morgan fingerprint density at radius 3 is 2.38 bits per heavy atom. The van der Waals surface area contributed by atoms with Gasteiger partial charge in [-0.05, 0) is 43.4 Å². The third-order valence-electron chi connectivity index (χ3n) is 3.96. The number of ether oxygens (including phenoxy) is 1. The van der Waals surface area contributed by atoms with Crippen LogP contribution in [0.3, 0.4) is 0 Å². The summed E-state index contributed by atoms with van der Waals surface area (Å²) in [7, 11) is 0. The van der Waals surface area contributed by atoms with Gasteiger partial charge in [0.05, 0.1) is 0 Å². The minimum Gasteiger partial charge on any atom is -0.450 e. The van der Waals surface area contributed by atoms with Crippen LogP contribution in [0.25, 0.3) is 0 Å². The average molecular weight is 228 g/mol. The zero-order valence-corrected chi connectivity index (χ0v) is 10.8. The highest BCUT2D eigenvalue weighted by Gasteiger charge is 2.35. The Labute approximate surface area is 98.2 Å². The van der Waals surface area contributed by atoms with E-state index in [4.69, 9.17) is 9.84 Å². The zero-order chi connectivity index (χ0) is 12.3. The molecule has 16 heavy (non-hydrogen) atoms. The van der Waals surface area contributed by atoms with Crippen molar-refractivity contribution >= 4 is 6.16 Å². The van der Waals surface area contributed by atoms with Crippen LogP contribution in [0.2, 0.25) is 0 Å². The Hall–Kier alpha value is -0.730. The maximum absolute atomic E-state index is 10.6. The van der Waals surface area contributed by atoms with E-state index in [2.05, 4.69) is 20.8 Å². The third-order valence-corrected chi connectivity index (χ3v) is 3.96. The fourth-order valence-corrected chi connectivity index (χ4v) is 3.06. The van der Waals surface area contributed by atoms with Crippen molar-refractivity contribution in [2.75, 3.05) is 0 Å². The van der Waals surface area contributed by atoms with E-state index >= 15 is 0 Å². The molecule has 0 heterocycles. The molecule has 1 aliphatic carbocycles. The summed E-state index contributed by atoms with van der Waals surface area (Å²) >= 11 is 0. The fourth-order valence-electron chi connectivity index (χ4n) is 3.06. The van der Waals surface area contributed by atoms with Crippen molar-refractivity contribution in [2.45, 2.75) is 53.1 Å². The van der Waals surface area contributed by atoms with Gasteiger partial charge in [-0.25, -0.2) is 4.79 Å². The van der Waals surface area contributed by atoms with Gasteiger partial charge < -0.3 is 9.84 Å². The Kier molecular flexibility index (Phi) is 4.63. The van der Waals surface area contributed by atoms with Crippen LogP contribution < -0.4 is 0 Å². The molecule has 4 atom stereocenters. The van der Waals surface area contributed by atoms with E-state index < -0.39 is 6.16 Å². The van der Waals surface area contributed by atoms with Gasteiger partial charge in [0, 0.05) is 0 Å². The molecular weight excluding hydrogens is 204 g/mol. The molecule has 3 nitrogen and oxygen atoms in total. The first-order chi connectivity index (χ1) is 7.41. The summed E-state index contributed by atoms with van der Waals surface area (Å²) in [5.74, 6) is 2.29. The molecule has 1 fully saturated rings. The van der Waals surface area contributed by atoms with E-state index in [1.54, 1.807) is 0 Å². The monoisotopic (exact) mass is 228 g/mol. The maximum atomic E-state index is 10.6. The van der Waals surface area contributed by atoms with Crippen molar-refractivity contribution in [3.05, 3.63) is 0 Å². The van der Waals surface area contributed by atoms with Gasteiger partial charge in [0.15, 0.2) is 0 Å². The fraction of sp³-hybridized carbons (Fsp3) is 0.923. The summed E-state index contributed by atoms with van der Waals surface area (Å²) in [6.07, 6.45) is 2.24. The summed E-state index contributed by atoms with van der Waals surface area (Å²) < 4.78 is 4.94. The normalized spacial score (nSPS) is 32.4. The maximum Gasteiger partial charge on any atom is 0.506 e. The minimum atomic E-state index is -1.15. The number of hydrogen-bond donors (Lipinski definition) is 1. The van der Waals surface area contributed by atoms with Gasteiger partial charge in [-0.15, -0.1) is 0 Å². The Balaban J connectivity index is 2.66. The Morgan fingerprint density at radius 2 is 1.88 bits per heavy atom. The molecule has 0 aromatic heterocycles. The summed E-state index contributed by atoms with van der Waals surface area (Å²) in [5, 5.41) is 8.68. The molecule has 1 rings (SSSR count). The van der Waals surface area contributed by atoms with E-state index in [0.717, 1.165) is 6.42 Å². The molecule has 0 bridgehead atoms. The van der Waals surface area contributed by atoms with Crippen molar-refractivity contribution < 1.29 is 14.6 Å². The molecule has 0 saturated heterocycles. The van der Waals surface area contributed by atoms with Crippen LogP contribution in [0, 0.1) is 23.7 Å².